The molecule has 2 amide bonds. The van der Waals surface area contributed by atoms with Crippen molar-refractivity contribution in [3.05, 3.63) is 35.6 Å². The van der Waals surface area contributed by atoms with E-state index >= 15 is 0 Å². The average molecular weight is 310 g/mol. The summed E-state index contributed by atoms with van der Waals surface area (Å²) in [5.41, 5.74) is -0.303. The molecule has 22 heavy (non-hydrogen) atoms. The second-order valence-electron chi connectivity index (χ2n) is 6.02. The maximum atomic E-state index is 13.8. The van der Waals surface area contributed by atoms with Gasteiger partial charge in [-0.25, -0.2) is 9.18 Å². The third-order valence-electron chi connectivity index (χ3n) is 3.07. The lowest BCUT2D eigenvalue weighted by Crippen LogP contribution is -2.49. The van der Waals surface area contributed by atoms with Gasteiger partial charge in [-0.05, 0) is 32.4 Å². The van der Waals surface area contributed by atoms with Gasteiger partial charge in [-0.15, -0.1) is 0 Å². The van der Waals surface area contributed by atoms with Crippen LogP contribution in [0, 0.1) is 5.82 Å². The van der Waals surface area contributed by atoms with Crippen LogP contribution in [-0.4, -0.2) is 42.6 Å². The third kappa shape index (κ3) is 5.02. The Hall–Kier alpha value is -2.11. The molecular formula is C16H23FN2O3. The van der Waals surface area contributed by atoms with Crippen molar-refractivity contribution in [2.24, 2.45) is 0 Å². The lowest BCUT2D eigenvalue weighted by atomic mass is 10.0. The summed E-state index contributed by atoms with van der Waals surface area (Å²) in [7, 11) is 2.94. The summed E-state index contributed by atoms with van der Waals surface area (Å²) in [4.78, 5) is 25.4. The van der Waals surface area contributed by atoms with E-state index in [-0.39, 0.29) is 12.3 Å². The first-order valence-corrected chi connectivity index (χ1v) is 7.06. The van der Waals surface area contributed by atoms with Crippen molar-refractivity contribution in [3.63, 3.8) is 0 Å². The average Bonchev–Trinajstić information content (AvgIpc) is 2.43. The summed E-state index contributed by atoms with van der Waals surface area (Å²) < 4.78 is 19.0. The summed E-state index contributed by atoms with van der Waals surface area (Å²) >= 11 is 0. The molecule has 1 aromatic rings. The van der Waals surface area contributed by atoms with Crippen LogP contribution < -0.4 is 5.32 Å². The molecule has 1 rings (SSSR count). The number of nitrogens with one attached hydrogen (secondary N) is 1. The Morgan fingerprint density at radius 1 is 1.32 bits per heavy atom. The molecule has 0 aromatic heterocycles. The minimum Gasteiger partial charge on any atom is -0.444 e. The summed E-state index contributed by atoms with van der Waals surface area (Å²) in [5, 5.41) is 2.49. The van der Waals surface area contributed by atoms with Crippen LogP contribution >= 0.6 is 0 Å². The Morgan fingerprint density at radius 3 is 2.41 bits per heavy atom. The molecule has 6 heteroatoms. The second-order valence-corrected chi connectivity index (χ2v) is 6.02. The van der Waals surface area contributed by atoms with Gasteiger partial charge in [-0.2, -0.15) is 0 Å². The third-order valence-corrected chi connectivity index (χ3v) is 3.07. The van der Waals surface area contributed by atoms with Gasteiger partial charge in [0.25, 0.3) is 0 Å². The van der Waals surface area contributed by atoms with Crippen LogP contribution in [0.2, 0.25) is 0 Å². The van der Waals surface area contributed by atoms with Crippen LogP contribution in [0.25, 0.3) is 0 Å². The number of rotatable bonds is 4. The molecular weight excluding hydrogens is 287 g/mol. The molecule has 0 radical (unpaired) electrons. The molecule has 0 saturated heterocycles. The van der Waals surface area contributed by atoms with Crippen LogP contribution in [0.1, 0.15) is 26.3 Å². The summed E-state index contributed by atoms with van der Waals surface area (Å²) in [6.07, 6.45) is -0.556. The van der Waals surface area contributed by atoms with Crippen molar-refractivity contribution in [1.29, 1.82) is 0 Å². The Bertz CT molecular complexity index is 540. The maximum absolute atomic E-state index is 13.8. The predicted octanol–water partition coefficient (Wildman–Crippen LogP) is 2.35. The van der Waals surface area contributed by atoms with Gasteiger partial charge in [0, 0.05) is 20.5 Å². The zero-order valence-electron chi connectivity index (χ0n) is 13.6. The van der Waals surface area contributed by atoms with E-state index < -0.39 is 23.6 Å². The van der Waals surface area contributed by atoms with Gasteiger partial charge in [0.1, 0.15) is 17.5 Å². The molecule has 0 spiro atoms. The summed E-state index contributed by atoms with van der Waals surface area (Å²) in [6.45, 7) is 5.22. The fourth-order valence-electron chi connectivity index (χ4n) is 1.91. The highest BCUT2D eigenvalue weighted by Crippen LogP contribution is 2.15. The Labute approximate surface area is 130 Å². The van der Waals surface area contributed by atoms with E-state index in [1.165, 1.54) is 25.1 Å². The largest absolute Gasteiger partial charge is 0.444 e. The molecule has 0 aliphatic rings. The van der Waals surface area contributed by atoms with E-state index in [2.05, 4.69) is 5.32 Å². The quantitative estimate of drug-likeness (QED) is 0.928. The van der Waals surface area contributed by atoms with E-state index in [1.54, 1.807) is 39.0 Å². The van der Waals surface area contributed by atoms with Gasteiger partial charge in [-0.3, -0.25) is 9.69 Å². The van der Waals surface area contributed by atoms with E-state index in [0.717, 1.165) is 0 Å². The highest BCUT2D eigenvalue weighted by Gasteiger charge is 2.30. The van der Waals surface area contributed by atoms with Crippen molar-refractivity contribution in [2.45, 2.75) is 38.8 Å². The van der Waals surface area contributed by atoms with E-state index in [1.807, 2.05) is 0 Å². The number of hydrogen-bond donors (Lipinski definition) is 1. The Balaban J connectivity index is 2.96. The number of ether oxygens (including phenoxy) is 1. The normalized spacial score (nSPS) is 12.5. The number of benzene rings is 1. The number of hydrogen-bond acceptors (Lipinski definition) is 3. The van der Waals surface area contributed by atoms with E-state index in [0.29, 0.717) is 5.56 Å². The van der Waals surface area contributed by atoms with Crippen molar-refractivity contribution >= 4 is 12.0 Å². The van der Waals surface area contributed by atoms with Crippen LogP contribution in [0.5, 0.6) is 0 Å². The lowest BCUT2D eigenvalue weighted by molar-refractivity contribution is -0.125. The first-order chi connectivity index (χ1) is 10.2. The van der Waals surface area contributed by atoms with Crippen molar-refractivity contribution < 1.29 is 18.7 Å². The van der Waals surface area contributed by atoms with Crippen LogP contribution in [0.4, 0.5) is 9.18 Å². The molecule has 1 aromatic carbocycles. The molecule has 0 bridgehead atoms. The molecule has 1 atom stereocenters. The number of halogens is 1. The number of carbonyl (C=O) groups is 2. The first kappa shape index (κ1) is 17.9. The van der Waals surface area contributed by atoms with E-state index in [4.69, 9.17) is 4.74 Å². The monoisotopic (exact) mass is 310 g/mol. The molecule has 5 nitrogen and oxygen atoms in total. The van der Waals surface area contributed by atoms with Crippen molar-refractivity contribution in [1.82, 2.24) is 10.2 Å². The molecule has 0 unspecified atom stereocenters. The van der Waals surface area contributed by atoms with Gasteiger partial charge >= 0.3 is 6.09 Å². The lowest BCUT2D eigenvalue weighted by Gasteiger charge is -2.29. The minimum absolute atomic E-state index is 0.0715. The van der Waals surface area contributed by atoms with Gasteiger partial charge < -0.3 is 10.1 Å². The predicted molar refractivity (Wildman–Crippen MR) is 82.0 cm³/mol. The van der Waals surface area contributed by atoms with Crippen LogP contribution in [0.15, 0.2) is 24.3 Å². The highest BCUT2D eigenvalue weighted by molar-refractivity contribution is 5.85. The van der Waals surface area contributed by atoms with Gasteiger partial charge in [0.15, 0.2) is 0 Å². The van der Waals surface area contributed by atoms with Crippen molar-refractivity contribution in [3.8, 4) is 0 Å². The topological polar surface area (TPSA) is 58.6 Å². The first-order valence-electron chi connectivity index (χ1n) is 7.06. The van der Waals surface area contributed by atoms with Gasteiger partial charge in [0.2, 0.25) is 5.91 Å². The summed E-state index contributed by atoms with van der Waals surface area (Å²) in [6, 6.07) is 5.33. The molecule has 1 N–H and O–H groups in total. The highest BCUT2D eigenvalue weighted by atomic mass is 19.1. The molecule has 0 saturated carbocycles. The molecule has 0 aliphatic carbocycles. The molecule has 0 heterocycles. The summed E-state index contributed by atoms with van der Waals surface area (Å²) in [5.74, 6) is -0.786. The zero-order valence-corrected chi connectivity index (χ0v) is 13.6. The number of nitrogens with zero attached hydrogens (tertiary/aromatic N) is 1. The van der Waals surface area contributed by atoms with Gasteiger partial charge in [0.05, 0.1) is 0 Å². The standard InChI is InChI=1S/C16H23FN2O3/c1-16(2,3)22-15(21)19(5)13(14(20)18-4)10-11-8-6-7-9-12(11)17/h6-9,13H,10H2,1-5H3,(H,18,20)/t13-/m0/s1. The SMILES string of the molecule is CNC(=O)[C@H](Cc1ccccc1F)N(C)C(=O)OC(C)(C)C. The second kappa shape index (κ2) is 7.24. The molecule has 122 valence electrons. The van der Waals surface area contributed by atoms with E-state index in [9.17, 15) is 14.0 Å². The fourth-order valence-corrected chi connectivity index (χ4v) is 1.91. The maximum Gasteiger partial charge on any atom is 0.410 e. The number of likely N-dealkylation sites (N-methyl/N-ethyl adjacent to an activating group) is 2. The van der Waals surface area contributed by atoms with Crippen LogP contribution in [0.3, 0.4) is 0 Å². The van der Waals surface area contributed by atoms with Crippen LogP contribution in [-0.2, 0) is 16.0 Å². The smallest absolute Gasteiger partial charge is 0.410 e. The minimum atomic E-state index is -0.850. The Morgan fingerprint density at radius 2 is 1.91 bits per heavy atom. The number of amides is 2. The molecule has 0 aliphatic heterocycles. The van der Waals surface area contributed by atoms with Gasteiger partial charge in [-0.1, -0.05) is 18.2 Å². The molecule has 0 fully saturated rings. The zero-order chi connectivity index (χ0) is 16.9. The van der Waals surface area contributed by atoms with Crippen molar-refractivity contribution in [2.75, 3.05) is 14.1 Å². The Kier molecular flexibility index (Phi) is 5.91. The number of carbonyl (C=O) groups excluding carboxylic acids is 2. The fraction of sp³-hybridized carbons (Fsp3) is 0.500.